The van der Waals surface area contributed by atoms with Crippen LogP contribution in [-0.2, 0) is 32.6 Å². The van der Waals surface area contributed by atoms with Crippen molar-refractivity contribution in [3.63, 3.8) is 0 Å². The molecular weight excluding hydrogens is 650 g/mol. The summed E-state index contributed by atoms with van der Waals surface area (Å²) < 4.78 is 30.5. The Morgan fingerprint density at radius 2 is 1.44 bits per heavy atom. The lowest BCUT2D eigenvalue weighted by Gasteiger charge is -2.34. The summed E-state index contributed by atoms with van der Waals surface area (Å²) in [6.45, 7) is 7.29. The van der Waals surface area contributed by atoms with E-state index in [1.165, 1.54) is 21.3 Å². The molecule has 0 aliphatic rings. The van der Waals surface area contributed by atoms with Crippen LogP contribution >= 0.6 is 15.9 Å². The number of rotatable bonds is 13. The lowest BCUT2D eigenvalue weighted by atomic mass is 10.0. The zero-order valence-electron chi connectivity index (χ0n) is 26.1. The van der Waals surface area contributed by atoms with E-state index in [0.29, 0.717) is 5.69 Å². The molecule has 0 bridgehead atoms. The molecule has 4 aromatic rings. The molecule has 0 saturated carbocycles. The smallest absolute Gasteiger partial charge is 0.264 e. The van der Waals surface area contributed by atoms with Crippen LogP contribution in [-0.4, -0.2) is 43.8 Å². The molecule has 0 aromatic heterocycles. The summed E-state index contributed by atoms with van der Waals surface area (Å²) in [7, 11) is -4.15. The molecule has 2 amide bonds. The molecule has 4 aromatic carbocycles. The molecule has 0 aliphatic carbocycles. The van der Waals surface area contributed by atoms with Crippen LogP contribution < -0.4 is 9.62 Å². The van der Waals surface area contributed by atoms with Gasteiger partial charge in [0.05, 0.1) is 10.6 Å². The lowest BCUT2D eigenvalue weighted by Crippen LogP contribution is -2.54. The Kier molecular flexibility index (Phi) is 11.6. The van der Waals surface area contributed by atoms with Crippen LogP contribution in [0.2, 0.25) is 0 Å². The monoisotopic (exact) mass is 689 g/mol. The fourth-order valence-electron chi connectivity index (χ4n) is 5.02. The number of anilines is 1. The molecule has 0 aliphatic heterocycles. The van der Waals surface area contributed by atoms with Gasteiger partial charge in [0.1, 0.15) is 12.6 Å². The first kappa shape index (κ1) is 33.9. The van der Waals surface area contributed by atoms with Crippen molar-refractivity contribution in [1.82, 2.24) is 10.2 Å². The zero-order chi connectivity index (χ0) is 32.6. The zero-order valence-corrected chi connectivity index (χ0v) is 28.5. The van der Waals surface area contributed by atoms with Crippen molar-refractivity contribution in [2.24, 2.45) is 0 Å². The van der Waals surface area contributed by atoms with E-state index in [1.54, 1.807) is 30.3 Å². The predicted molar refractivity (Wildman–Crippen MR) is 183 cm³/mol. The Bertz CT molecular complexity index is 1700. The molecule has 4 rings (SSSR count). The van der Waals surface area contributed by atoms with Gasteiger partial charge in [0.25, 0.3) is 10.0 Å². The highest BCUT2D eigenvalue weighted by atomic mass is 79.9. The largest absolute Gasteiger partial charge is 0.352 e. The number of nitrogens with zero attached hydrogens (tertiary/aromatic N) is 2. The van der Waals surface area contributed by atoms with E-state index < -0.39 is 28.5 Å². The molecule has 45 heavy (non-hydrogen) atoms. The van der Waals surface area contributed by atoms with Crippen molar-refractivity contribution in [3.8, 4) is 0 Å². The van der Waals surface area contributed by atoms with Crippen molar-refractivity contribution in [2.75, 3.05) is 10.8 Å². The van der Waals surface area contributed by atoms with E-state index in [0.717, 1.165) is 33.1 Å². The molecule has 0 heterocycles. The third kappa shape index (κ3) is 8.61. The van der Waals surface area contributed by atoms with Gasteiger partial charge in [-0.1, -0.05) is 95.7 Å². The van der Waals surface area contributed by atoms with Crippen LogP contribution in [0.1, 0.15) is 42.5 Å². The van der Waals surface area contributed by atoms with Crippen molar-refractivity contribution in [3.05, 3.63) is 130 Å². The number of nitrogens with one attached hydrogen (secondary N) is 1. The van der Waals surface area contributed by atoms with Gasteiger partial charge >= 0.3 is 0 Å². The quantitative estimate of drug-likeness (QED) is 0.167. The van der Waals surface area contributed by atoms with Gasteiger partial charge in [-0.05, 0) is 79.8 Å². The maximum absolute atomic E-state index is 14.6. The Labute approximate surface area is 275 Å². The summed E-state index contributed by atoms with van der Waals surface area (Å²) >= 11 is 3.47. The third-order valence-corrected chi connectivity index (χ3v) is 10.3. The van der Waals surface area contributed by atoms with Gasteiger partial charge in [-0.15, -0.1) is 0 Å². The maximum atomic E-state index is 14.6. The Balaban J connectivity index is 1.83. The van der Waals surface area contributed by atoms with Crippen LogP contribution in [0.25, 0.3) is 0 Å². The van der Waals surface area contributed by atoms with Gasteiger partial charge < -0.3 is 10.2 Å². The second-order valence-corrected chi connectivity index (χ2v) is 14.0. The summed E-state index contributed by atoms with van der Waals surface area (Å²) in [6, 6.07) is 29.6. The number of aryl methyl sites for hydroxylation is 1. The Morgan fingerprint density at radius 3 is 2.07 bits per heavy atom. The van der Waals surface area contributed by atoms with Gasteiger partial charge in [0, 0.05) is 23.5 Å². The number of carbonyl (C=O) groups is 2. The molecule has 236 valence electrons. The third-order valence-electron chi connectivity index (χ3n) is 7.99. The average molecular weight is 691 g/mol. The van der Waals surface area contributed by atoms with Crippen molar-refractivity contribution < 1.29 is 18.0 Å². The number of hydrogen-bond donors (Lipinski definition) is 1. The van der Waals surface area contributed by atoms with E-state index in [2.05, 4.69) is 21.2 Å². The minimum atomic E-state index is -4.15. The van der Waals surface area contributed by atoms with Gasteiger partial charge in [-0.3, -0.25) is 13.9 Å². The standard InChI is InChI=1S/C36H40BrN3O4S/c1-5-27(3)38-36(42)34(23-29-14-8-6-9-15-29)39(24-30-19-21-31(37)22-20-30)35(41)25-40(33-18-12-13-26(2)28(33)4)45(43,44)32-16-10-7-11-17-32/h6-22,27,34H,5,23-25H2,1-4H3,(H,38,42)/t27-,34-/m1/s1. The van der Waals surface area contributed by atoms with Crippen LogP contribution in [0.5, 0.6) is 0 Å². The fourth-order valence-corrected chi connectivity index (χ4v) is 6.78. The van der Waals surface area contributed by atoms with Gasteiger partial charge in [-0.2, -0.15) is 0 Å². The number of sulfonamides is 1. The first-order valence-electron chi connectivity index (χ1n) is 15.0. The number of amides is 2. The maximum Gasteiger partial charge on any atom is 0.264 e. The number of carbonyl (C=O) groups excluding carboxylic acids is 2. The van der Waals surface area contributed by atoms with E-state index in [4.69, 9.17) is 0 Å². The fraction of sp³-hybridized carbons (Fsp3) is 0.278. The average Bonchev–Trinajstić information content (AvgIpc) is 3.04. The minimum Gasteiger partial charge on any atom is -0.352 e. The Hall–Kier alpha value is -3.95. The van der Waals surface area contributed by atoms with Crippen LogP contribution in [0, 0.1) is 13.8 Å². The lowest BCUT2D eigenvalue weighted by molar-refractivity contribution is -0.140. The van der Waals surface area contributed by atoms with Crippen molar-refractivity contribution in [2.45, 2.75) is 64.1 Å². The van der Waals surface area contributed by atoms with Crippen molar-refractivity contribution in [1.29, 1.82) is 0 Å². The van der Waals surface area contributed by atoms with E-state index in [1.807, 2.05) is 88.4 Å². The Morgan fingerprint density at radius 1 is 0.822 bits per heavy atom. The SMILES string of the molecule is CC[C@@H](C)NC(=O)[C@@H](Cc1ccccc1)N(Cc1ccc(Br)cc1)C(=O)CN(c1cccc(C)c1C)S(=O)(=O)c1ccccc1. The molecule has 0 unspecified atom stereocenters. The number of benzene rings is 4. The highest BCUT2D eigenvalue weighted by Crippen LogP contribution is 2.29. The second kappa shape index (κ2) is 15.4. The van der Waals surface area contributed by atoms with E-state index >= 15 is 0 Å². The molecule has 0 saturated heterocycles. The summed E-state index contributed by atoms with van der Waals surface area (Å²) in [6.07, 6.45) is 0.987. The summed E-state index contributed by atoms with van der Waals surface area (Å²) in [5.41, 5.74) is 3.76. The summed E-state index contributed by atoms with van der Waals surface area (Å²) in [5.74, 6) is -0.776. The summed E-state index contributed by atoms with van der Waals surface area (Å²) in [5, 5.41) is 3.07. The predicted octanol–water partition coefficient (Wildman–Crippen LogP) is 6.82. The molecule has 0 spiro atoms. The first-order chi connectivity index (χ1) is 21.5. The van der Waals surface area contributed by atoms with Crippen LogP contribution in [0.4, 0.5) is 5.69 Å². The van der Waals surface area contributed by atoms with Gasteiger partial charge in [-0.25, -0.2) is 8.42 Å². The van der Waals surface area contributed by atoms with Gasteiger partial charge in [0.2, 0.25) is 11.8 Å². The molecule has 9 heteroatoms. The normalized spacial score (nSPS) is 12.6. The van der Waals surface area contributed by atoms with Crippen LogP contribution in [0.3, 0.4) is 0 Å². The summed E-state index contributed by atoms with van der Waals surface area (Å²) in [4.78, 5) is 30.1. The molecule has 1 N–H and O–H groups in total. The number of hydrogen-bond acceptors (Lipinski definition) is 4. The highest BCUT2D eigenvalue weighted by Gasteiger charge is 2.35. The topological polar surface area (TPSA) is 86.8 Å². The second-order valence-electron chi connectivity index (χ2n) is 11.2. The highest BCUT2D eigenvalue weighted by molar-refractivity contribution is 9.10. The minimum absolute atomic E-state index is 0.0773. The first-order valence-corrected chi connectivity index (χ1v) is 17.3. The van der Waals surface area contributed by atoms with Crippen LogP contribution in [0.15, 0.2) is 112 Å². The molecular formula is C36H40BrN3O4S. The molecule has 7 nitrogen and oxygen atoms in total. The molecule has 0 fully saturated rings. The molecule has 0 radical (unpaired) electrons. The molecule has 2 atom stereocenters. The van der Waals surface area contributed by atoms with E-state index in [-0.39, 0.29) is 29.8 Å². The number of halogens is 1. The van der Waals surface area contributed by atoms with E-state index in [9.17, 15) is 18.0 Å². The van der Waals surface area contributed by atoms with Crippen molar-refractivity contribution >= 4 is 43.5 Å². The van der Waals surface area contributed by atoms with Gasteiger partial charge in [0.15, 0.2) is 0 Å².